The molecule has 1 aliphatic carbocycles. The zero-order valence-corrected chi connectivity index (χ0v) is 10.6. The Bertz CT molecular complexity index is 344. The average molecular weight is 256 g/mol. The molecule has 1 N–H and O–H groups in total. The molecule has 102 valence electrons. The number of aliphatic hydroxyl groups excluding tert-OH is 1. The van der Waals surface area contributed by atoms with Gasteiger partial charge >= 0.3 is 5.97 Å². The van der Waals surface area contributed by atoms with E-state index in [0.717, 1.165) is 19.3 Å². The van der Waals surface area contributed by atoms with Crippen molar-refractivity contribution in [2.24, 2.45) is 0 Å². The van der Waals surface area contributed by atoms with Crippen LogP contribution in [0, 0.1) is 0 Å². The van der Waals surface area contributed by atoms with Gasteiger partial charge in [0.05, 0.1) is 43.5 Å². The lowest BCUT2D eigenvalue weighted by atomic mass is 9.77. The smallest absolute Gasteiger partial charge is 0.308 e. The van der Waals surface area contributed by atoms with Gasteiger partial charge in [0.1, 0.15) is 0 Å². The van der Waals surface area contributed by atoms with Gasteiger partial charge in [-0.3, -0.25) is 4.79 Å². The summed E-state index contributed by atoms with van der Waals surface area (Å²) in [6.07, 6.45) is 4.00. The van der Waals surface area contributed by atoms with Gasteiger partial charge in [-0.1, -0.05) is 0 Å². The number of aliphatic hydroxyl groups is 1. The number of fused-ring (bicyclic) bond motifs is 1. The van der Waals surface area contributed by atoms with Crippen molar-refractivity contribution in [1.82, 2.24) is 0 Å². The van der Waals surface area contributed by atoms with Gasteiger partial charge in [0, 0.05) is 12.8 Å². The van der Waals surface area contributed by atoms with Crippen LogP contribution < -0.4 is 0 Å². The fourth-order valence-corrected chi connectivity index (χ4v) is 3.70. The number of hydrogen-bond acceptors (Lipinski definition) is 5. The Kier molecular flexibility index (Phi) is 3.08. The molecule has 3 aliphatic rings. The molecule has 2 heterocycles. The Hall–Kier alpha value is -0.650. The molecule has 18 heavy (non-hydrogen) atoms. The molecule has 0 radical (unpaired) electrons. The molecule has 3 rings (SSSR count). The van der Waals surface area contributed by atoms with Crippen molar-refractivity contribution < 1.29 is 24.1 Å². The summed E-state index contributed by atoms with van der Waals surface area (Å²) < 4.78 is 16.7. The lowest BCUT2D eigenvalue weighted by Crippen LogP contribution is -2.51. The zero-order chi connectivity index (χ0) is 12.8. The van der Waals surface area contributed by atoms with Gasteiger partial charge in [0.25, 0.3) is 0 Å². The fourth-order valence-electron chi connectivity index (χ4n) is 3.70. The van der Waals surface area contributed by atoms with E-state index in [1.165, 1.54) is 7.11 Å². The number of esters is 1. The van der Waals surface area contributed by atoms with E-state index >= 15 is 0 Å². The van der Waals surface area contributed by atoms with Gasteiger partial charge in [-0.2, -0.15) is 0 Å². The van der Waals surface area contributed by atoms with Crippen molar-refractivity contribution in [3.8, 4) is 0 Å². The highest BCUT2D eigenvalue weighted by Gasteiger charge is 2.56. The van der Waals surface area contributed by atoms with Crippen LogP contribution in [-0.2, 0) is 19.0 Å². The van der Waals surface area contributed by atoms with Gasteiger partial charge in [0.15, 0.2) is 0 Å². The summed E-state index contributed by atoms with van der Waals surface area (Å²) in [5.74, 6) is -0.235. The number of carbonyl (C=O) groups excluding carboxylic acids is 1. The topological polar surface area (TPSA) is 65.0 Å². The van der Waals surface area contributed by atoms with Crippen LogP contribution in [0.2, 0.25) is 0 Å². The molecule has 0 aromatic carbocycles. The van der Waals surface area contributed by atoms with Gasteiger partial charge in [-0.15, -0.1) is 0 Å². The van der Waals surface area contributed by atoms with Crippen molar-refractivity contribution in [3.63, 3.8) is 0 Å². The molecule has 0 aromatic rings. The highest BCUT2D eigenvalue weighted by molar-refractivity contribution is 5.69. The summed E-state index contributed by atoms with van der Waals surface area (Å²) in [6.45, 7) is 0. The Morgan fingerprint density at radius 2 is 2.28 bits per heavy atom. The normalized spacial score (nSPS) is 46.6. The van der Waals surface area contributed by atoms with Crippen molar-refractivity contribution in [3.05, 3.63) is 0 Å². The third-order valence-electron chi connectivity index (χ3n) is 4.41. The summed E-state index contributed by atoms with van der Waals surface area (Å²) in [5.41, 5.74) is -0.362. The van der Waals surface area contributed by atoms with E-state index in [-0.39, 0.29) is 36.0 Å². The zero-order valence-electron chi connectivity index (χ0n) is 10.6. The number of carbonyl (C=O) groups is 1. The lowest BCUT2D eigenvalue weighted by Gasteiger charge is -2.43. The van der Waals surface area contributed by atoms with Gasteiger partial charge in [-0.05, 0) is 19.3 Å². The molecule has 0 amide bonds. The minimum atomic E-state index is -0.362. The van der Waals surface area contributed by atoms with Crippen molar-refractivity contribution >= 4 is 5.97 Å². The fraction of sp³-hybridized carbons (Fsp3) is 0.923. The molecule has 2 bridgehead atoms. The number of ether oxygens (including phenoxy) is 3. The van der Waals surface area contributed by atoms with Crippen LogP contribution in [0.25, 0.3) is 0 Å². The molecule has 3 unspecified atom stereocenters. The Labute approximate surface area is 106 Å². The lowest BCUT2D eigenvalue weighted by molar-refractivity contribution is -0.181. The SMILES string of the molecule is COC(=O)CC1CCC2O[C@H]3C[C@H](O)CC2(C3)O1. The van der Waals surface area contributed by atoms with Crippen LogP contribution in [0.3, 0.4) is 0 Å². The maximum Gasteiger partial charge on any atom is 0.308 e. The van der Waals surface area contributed by atoms with Crippen LogP contribution in [-0.4, -0.2) is 48.2 Å². The van der Waals surface area contributed by atoms with Gasteiger partial charge in [-0.25, -0.2) is 0 Å². The summed E-state index contributed by atoms with van der Waals surface area (Å²) in [5, 5.41) is 9.89. The van der Waals surface area contributed by atoms with E-state index in [4.69, 9.17) is 9.47 Å². The summed E-state index contributed by atoms with van der Waals surface area (Å²) in [6, 6.07) is 0. The molecule has 5 atom stereocenters. The summed E-state index contributed by atoms with van der Waals surface area (Å²) in [4.78, 5) is 11.3. The van der Waals surface area contributed by atoms with Crippen LogP contribution in [0.1, 0.15) is 38.5 Å². The third-order valence-corrected chi connectivity index (χ3v) is 4.41. The van der Waals surface area contributed by atoms with E-state index in [2.05, 4.69) is 4.74 Å². The first kappa shape index (κ1) is 12.4. The molecule has 2 saturated heterocycles. The van der Waals surface area contributed by atoms with Crippen LogP contribution >= 0.6 is 0 Å². The minimum Gasteiger partial charge on any atom is -0.469 e. The van der Waals surface area contributed by atoms with Crippen LogP contribution in [0.4, 0.5) is 0 Å². The van der Waals surface area contributed by atoms with E-state index in [9.17, 15) is 9.90 Å². The second-order valence-corrected chi connectivity index (χ2v) is 5.71. The second kappa shape index (κ2) is 4.47. The van der Waals surface area contributed by atoms with E-state index in [1.54, 1.807) is 0 Å². The second-order valence-electron chi connectivity index (χ2n) is 5.71. The molecule has 1 spiro atoms. The Morgan fingerprint density at radius 3 is 3.06 bits per heavy atom. The maximum atomic E-state index is 11.3. The standard InChI is InChI=1S/C13H20O5/c1-16-12(15)5-9-2-3-11-13(18-9)6-8(14)4-10(7-13)17-11/h8-11,14H,2-7H2,1H3/t8-,9?,10-,11?,13?/m0/s1. The Balaban J connectivity index is 1.71. The number of rotatable bonds is 2. The first-order valence-corrected chi connectivity index (χ1v) is 6.69. The molecule has 0 aromatic heterocycles. The first-order valence-electron chi connectivity index (χ1n) is 6.69. The van der Waals surface area contributed by atoms with Crippen LogP contribution in [0.15, 0.2) is 0 Å². The molecule has 2 aliphatic heterocycles. The van der Waals surface area contributed by atoms with Crippen molar-refractivity contribution in [2.75, 3.05) is 7.11 Å². The molecule has 5 heteroatoms. The van der Waals surface area contributed by atoms with Gasteiger partial charge in [0.2, 0.25) is 0 Å². The largest absolute Gasteiger partial charge is 0.469 e. The molecular weight excluding hydrogens is 236 g/mol. The molecule has 5 nitrogen and oxygen atoms in total. The predicted molar refractivity (Wildman–Crippen MR) is 62.0 cm³/mol. The van der Waals surface area contributed by atoms with E-state index in [1.807, 2.05) is 0 Å². The summed E-state index contributed by atoms with van der Waals surface area (Å²) in [7, 11) is 1.39. The highest BCUT2D eigenvalue weighted by atomic mass is 16.6. The van der Waals surface area contributed by atoms with Crippen molar-refractivity contribution in [1.29, 1.82) is 0 Å². The first-order chi connectivity index (χ1) is 8.61. The average Bonchev–Trinajstić information content (AvgIpc) is 2.58. The van der Waals surface area contributed by atoms with Crippen LogP contribution in [0.5, 0.6) is 0 Å². The Morgan fingerprint density at radius 1 is 1.44 bits per heavy atom. The third kappa shape index (κ3) is 2.04. The number of hydrogen-bond donors (Lipinski definition) is 1. The highest BCUT2D eigenvalue weighted by Crippen LogP contribution is 2.49. The number of methoxy groups -OCH3 is 1. The van der Waals surface area contributed by atoms with Gasteiger partial charge < -0.3 is 19.3 Å². The molecule has 3 fully saturated rings. The predicted octanol–water partition coefficient (Wildman–Crippen LogP) is 0.779. The molecule has 1 saturated carbocycles. The minimum absolute atomic E-state index is 0.0912. The monoisotopic (exact) mass is 256 g/mol. The van der Waals surface area contributed by atoms with Crippen molar-refractivity contribution in [2.45, 2.75) is 68.5 Å². The van der Waals surface area contributed by atoms with E-state index in [0.29, 0.717) is 19.3 Å². The summed E-state index contributed by atoms with van der Waals surface area (Å²) >= 11 is 0. The maximum absolute atomic E-state index is 11.3. The quantitative estimate of drug-likeness (QED) is 0.740. The van der Waals surface area contributed by atoms with E-state index < -0.39 is 0 Å². The molecular formula is C13H20O5.